The van der Waals surface area contributed by atoms with E-state index in [-0.39, 0.29) is 18.4 Å². The third-order valence-corrected chi connectivity index (χ3v) is 6.79. The summed E-state index contributed by atoms with van der Waals surface area (Å²) in [6.07, 6.45) is 1.02. The van der Waals surface area contributed by atoms with Crippen LogP contribution in [0.1, 0.15) is 43.2 Å². The summed E-state index contributed by atoms with van der Waals surface area (Å²) >= 11 is 1.54. The first-order valence-corrected chi connectivity index (χ1v) is 12.0. The van der Waals surface area contributed by atoms with Gasteiger partial charge in [-0.25, -0.2) is 9.80 Å². The molecule has 1 N–H and O–H groups in total. The van der Waals surface area contributed by atoms with Gasteiger partial charge in [-0.3, -0.25) is 14.5 Å². The van der Waals surface area contributed by atoms with Gasteiger partial charge in [0, 0.05) is 6.42 Å². The summed E-state index contributed by atoms with van der Waals surface area (Å²) in [5.74, 6) is 0.548. The second-order valence-electron chi connectivity index (χ2n) is 8.65. The van der Waals surface area contributed by atoms with Crippen molar-refractivity contribution < 1.29 is 23.9 Å². The molecule has 2 atom stereocenters. The SMILES string of the molecule is COc1ccc(C2CC(c3cccs3)=NN2C(=O)CN2C(=O)NC(CC(C)C)C2=O)cc1OC. The first-order valence-electron chi connectivity index (χ1n) is 11.1. The van der Waals surface area contributed by atoms with Crippen LogP contribution in [0.25, 0.3) is 0 Å². The van der Waals surface area contributed by atoms with Crippen molar-refractivity contribution in [2.45, 2.75) is 38.8 Å². The smallest absolute Gasteiger partial charge is 0.325 e. The van der Waals surface area contributed by atoms with E-state index in [2.05, 4.69) is 10.4 Å². The lowest BCUT2D eigenvalue weighted by Gasteiger charge is -2.24. The molecule has 180 valence electrons. The fourth-order valence-electron chi connectivity index (χ4n) is 4.22. The number of urea groups is 1. The first-order chi connectivity index (χ1) is 16.3. The molecule has 2 aromatic rings. The lowest BCUT2D eigenvalue weighted by molar-refractivity contribution is -0.138. The van der Waals surface area contributed by atoms with Crippen LogP contribution in [-0.4, -0.2) is 60.3 Å². The van der Waals surface area contributed by atoms with Gasteiger partial charge in [0.15, 0.2) is 11.5 Å². The molecule has 1 aromatic heterocycles. The van der Waals surface area contributed by atoms with E-state index in [0.29, 0.717) is 24.3 Å². The fraction of sp³-hybridized carbons (Fsp3) is 0.417. The number of carbonyl (C=O) groups is 3. The zero-order valence-electron chi connectivity index (χ0n) is 19.6. The molecule has 4 amide bonds. The van der Waals surface area contributed by atoms with Crippen molar-refractivity contribution in [2.24, 2.45) is 11.0 Å². The first kappa shape index (κ1) is 23.7. The Morgan fingerprint density at radius 3 is 2.62 bits per heavy atom. The number of benzene rings is 1. The lowest BCUT2D eigenvalue weighted by atomic mass is 10.0. The van der Waals surface area contributed by atoms with Crippen LogP contribution in [0.4, 0.5) is 4.79 Å². The molecule has 0 radical (unpaired) electrons. The van der Waals surface area contributed by atoms with Crippen LogP contribution in [0.2, 0.25) is 0 Å². The zero-order valence-corrected chi connectivity index (χ0v) is 20.4. The van der Waals surface area contributed by atoms with E-state index in [0.717, 1.165) is 21.1 Å². The molecule has 1 fully saturated rings. The van der Waals surface area contributed by atoms with Gasteiger partial charge in [-0.15, -0.1) is 11.3 Å². The molecule has 2 aliphatic rings. The molecule has 2 aliphatic heterocycles. The van der Waals surface area contributed by atoms with E-state index in [1.54, 1.807) is 31.6 Å². The number of rotatable bonds is 8. The monoisotopic (exact) mass is 484 g/mol. The number of hydrogen-bond acceptors (Lipinski definition) is 7. The van der Waals surface area contributed by atoms with Gasteiger partial charge in [-0.1, -0.05) is 26.0 Å². The predicted octanol–water partition coefficient (Wildman–Crippen LogP) is 3.41. The molecule has 9 nitrogen and oxygen atoms in total. The van der Waals surface area contributed by atoms with Crippen LogP contribution < -0.4 is 14.8 Å². The maximum atomic E-state index is 13.4. The van der Waals surface area contributed by atoms with E-state index >= 15 is 0 Å². The third kappa shape index (κ3) is 4.63. The predicted molar refractivity (Wildman–Crippen MR) is 128 cm³/mol. The van der Waals surface area contributed by atoms with Gasteiger partial charge in [-0.05, 0) is 41.5 Å². The van der Waals surface area contributed by atoms with Gasteiger partial charge in [0.05, 0.1) is 30.9 Å². The number of nitrogens with one attached hydrogen (secondary N) is 1. The highest BCUT2D eigenvalue weighted by Gasteiger charge is 2.42. The Labute approximate surface area is 202 Å². The van der Waals surface area contributed by atoms with Crippen molar-refractivity contribution in [3.05, 3.63) is 46.2 Å². The normalized spacial score (nSPS) is 20.1. The molecule has 0 bridgehead atoms. The highest BCUT2D eigenvalue weighted by Crippen LogP contribution is 2.38. The highest BCUT2D eigenvalue weighted by molar-refractivity contribution is 7.12. The summed E-state index contributed by atoms with van der Waals surface area (Å²) in [4.78, 5) is 40.5. The molecule has 2 unspecified atom stereocenters. The van der Waals surface area contributed by atoms with Gasteiger partial charge in [0.1, 0.15) is 12.6 Å². The van der Waals surface area contributed by atoms with Crippen LogP contribution in [0.5, 0.6) is 11.5 Å². The minimum absolute atomic E-state index is 0.232. The summed E-state index contributed by atoms with van der Waals surface area (Å²) in [7, 11) is 3.11. The average Bonchev–Trinajstić information content (AvgIpc) is 3.55. The number of nitrogens with zero attached hydrogens (tertiary/aromatic N) is 3. The maximum Gasteiger partial charge on any atom is 0.325 e. The Hall–Kier alpha value is -3.40. The minimum Gasteiger partial charge on any atom is -0.493 e. The van der Waals surface area contributed by atoms with E-state index in [4.69, 9.17) is 9.47 Å². The number of carbonyl (C=O) groups excluding carboxylic acids is 3. The second kappa shape index (κ2) is 9.84. The van der Waals surface area contributed by atoms with Crippen LogP contribution in [-0.2, 0) is 9.59 Å². The summed E-state index contributed by atoms with van der Waals surface area (Å²) < 4.78 is 10.8. The largest absolute Gasteiger partial charge is 0.493 e. The number of thiophene rings is 1. The molecule has 10 heteroatoms. The number of amides is 4. The van der Waals surface area contributed by atoms with Crippen molar-refractivity contribution in [1.82, 2.24) is 15.2 Å². The molecule has 4 rings (SSSR count). The standard InChI is InChI=1S/C24H28N4O5S/c1-14(2)10-17-23(30)27(24(31)25-17)13-22(29)28-18(12-16(26-28)21-6-5-9-34-21)15-7-8-19(32-3)20(11-15)33-4/h5-9,11,14,17-18H,10,12-13H2,1-4H3,(H,25,31). The van der Waals surface area contributed by atoms with Crippen LogP contribution in [0, 0.1) is 5.92 Å². The van der Waals surface area contributed by atoms with E-state index < -0.39 is 24.0 Å². The number of imide groups is 1. The molecule has 34 heavy (non-hydrogen) atoms. The van der Waals surface area contributed by atoms with Crippen molar-refractivity contribution in [3.63, 3.8) is 0 Å². The molecule has 0 saturated carbocycles. The van der Waals surface area contributed by atoms with Crippen molar-refractivity contribution in [2.75, 3.05) is 20.8 Å². The van der Waals surface area contributed by atoms with Crippen molar-refractivity contribution in [3.8, 4) is 11.5 Å². The van der Waals surface area contributed by atoms with Crippen molar-refractivity contribution in [1.29, 1.82) is 0 Å². The maximum absolute atomic E-state index is 13.4. The summed E-state index contributed by atoms with van der Waals surface area (Å²) in [5.41, 5.74) is 1.59. The number of hydrogen-bond donors (Lipinski definition) is 1. The lowest BCUT2D eigenvalue weighted by Crippen LogP contribution is -2.41. The average molecular weight is 485 g/mol. The number of hydrazone groups is 1. The molecule has 1 aromatic carbocycles. The molecule has 1 saturated heterocycles. The number of methoxy groups -OCH3 is 2. The van der Waals surface area contributed by atoms with Gasteiger partial charge >= 0.3 is 6.03 Å². The van der Waals surface area contributed by atoms with E-state index in [9.17, 15) is 14.4 Å². The van der Waals surface area contributed by atoms with Crippen LogP contribution >= 0.6 is 11.3 Å². The van der Waals surface area contributed by atoms with Gasteiger partial charge in [0.2, 0.25) is 0 Å². The van der Waals surface area contributed by atoms with Gasteiger partial charge in [0.25, 0.3) is 11.8 Å². The van der Waals surface area contributed by atoms with Gasteiger partial charge < -0.3 is 14.8 Å². The Kier molecular flexibility index (Phi) is 6.87. The number of ether oxygens (including phenoxy) is 2. The third-order valence-electron chi connectivity index (χ3n) is 5.87. The Morgan fingerprint density at radius 2 is 1.97 bits per heavy atom. The second-order valence-corrected chi connectivity index (χ2v) is 9.60. The van der Waals surface area contributed by atoms with E-state index in [1.165, 1.54) is 5.01 Å². The summed E-state index contributed by atoms with van der Waals surface area (Å²) in [5, 5.41) is 10.6. The Morgan fingerprint density at radius 1 is 1.21 bits per heavy atom. The fourth-order valence-corrected chi connectivity index (χ4v) is 4.94. The molecule has 0 spiro atoms. The van der Waals surface area contributed by atoms with Crippen LogP contribution in [0.15, 0.2) is 40.8 Å². The summed E-state index contributed by atoms with van der Waals surface area (Å²) in [6, 6.07) is 7.80. The molecular weight excluding hydrogens is 456 g/mol. The van der Waals surface area contributed by atoms with Gasteiger partial charge in [-0.2, -0.15) is 5.10 Å². The highest BCUT2D eigenvalue weighted by atomic mass is 32.1. The van der Waals surface area contributed by atoms with Crippen molar-refractivity contribution >= 4 is 34.9 Å². The quantitative estimate of drug-likeness (QED) is 0.579. The Balaban J connectivity index is 1.60. The minimum atomic E-state index is -0.606. The zero-order chi connectivity index (χ0) is 24.4. The summed E-state index contributed by atoms with van der Waals surface area (Å²) in [6.45, 7) is 3.59. The molecule has 0 aliphatic carbocycles. The van der Waals surface area contributed by atoms with Crippen LogP contribution in [0.3, 0.4) is 0 Å². The van der Waals surface area contributed by atoms with E-state index in [1.807, 2.05) is 43.5 Å². The topological polar surface area (TPSA) is 101 Å². The Bertz CT molecular complexity index is 1110. The molecular formula is C24H28N4O5S. The molecule has 3 heterocycles.